The molecule has 6 heteroatoms. The summed E-state index contributed by atoms with van der Waals surface area (Å²) in [5, 5.41) is 3.22. The van der Waals surface area contributed by atoms with Gasteiger partial charge in [-0.25, -0.2) is 0 Å². The first-order valence-corrected chi connectivity index (χ1v) is 6.63. The second-order valence-electron chi connectivity index (χ2n) is 4.23. The fourth-order valence-corrected chi connectivity index (χ4v) is 2.35. The minimum absolute atomic E-state index is 0.0543. The van der Waals surface area contributed by atoms with Crippen molar-refractivity contribution in [1.29, 1.82) is 0 Å². The summed E-state index contributed by atoms with van der Waals surface area (Å²) < 4.78 is 5.88. The maximum Gasteiger partial charge on any atom is 0.241 e. The summed E-state index contributed by atoms with van der Waals surface area (Å²) in [5.74, 6) is 0.305. The van der Waals surface area contributed by atoms with Gasteiger partial charge in [0.1, 0.15) is 0 Å². The Morgan fingerprint density at radius 1 is 1.50 bits per heavy atom. The van der Waals surface area contributed by atoms with E-state index in [4.69, 9.17) is 22.1 Å². The maximum absolute atomic E-state index is 11.9. The molecule has 1 rings (SSSR count). The molecule has 1 aromatic carbocycles. The molecule has 4 nitrogen and oxygen atoms in total. The Labute approximate surface area is 120 Å². The van der Waals surface area contributed by atoms with Gasteiger partial charge in [0, 0.05) is 5.02 Å². The van der Waals surface area contributed by atoms with E-state index in [9.17, 15) is 4.79 Å². The predicted octanol–water partition coefficient (Wildman–Crippen LogP) is 3.03. The third-order valence-corrected chi connectivity index (χ3v) is 3.30. The van der Waals surface area contributed by atoms with Gasteiger partial charge in [-0.3, -0.25) is 4.79 Å². The van der Waals surface area contributed by atoms with Crippen LogP contribution in [0.5, 0.6) is 5.75 Å². The Morgan fingerprint density at radius 2 is 2.11 bits per heavy atom. The summed E-state index contributed by atoms with van der Waals surface area (Å²) >= 11 is 9.26. The van der Waals surface area contributed by atoms with Gasteiger partial charge >= 0.3 is 0 Å². The Balaban J connectivity index is 3.00. The van der Waals surface area contributed by atoms with Crippen LogP contribution in [0.1, 0.15) is 13.8 Å². The first kappa shape index (κ1) is 15.3. The number of methoxy groups -OCH3 is 1. The zero-order valence-corrected chi connectivity index (χ0v) is 12.8. The molecule has 1 atom stereocenters. The molecule has 0 aromatic heterocycles. The van der Waals surface area contributed by atoms with E-state index in [2.05, 4.69) is 21.2 Å². The Morgan fingerprint density at radius 3 is 2.61 bits per heavy atom. The standard InChI is InChI=1S/C12H16BrClN2O2/c1-6(2)10(15)12(17)16-9-5-7(14)4-8(13)11(9)18-3/h4-6,10H,15H2,1-3H3,(H,16,17)/t10-/m1/s1. The Bertz CT molecular complexity index is 452. The molecule has 3 N–H and O–H groups in total. The fraction of sp³-hybridized carbons (Fsp3) is 0.417. The van der Waals surface area contributed by atoms with Gasteiger partial charge in [-0.2, -0.15) is 0 Å². The molecule has 18 heavy (non-hydrogen) atoms. The van der Waals surface area contributed by atoms with Crippen LogP contribution < -0.4 is 15.8 Å². The van der Waals surface area contributed by atoms with E-state index in [1.807, 2.05) is 13.8 Å². The molecular formula is C12H16BrClN2O2. The SMILES string of the molecule is COc1c(Br)cc(Cl)cc1NC(=O)[C@H](N)C(C)C. The highest BCUT2D eigenvalue weighted by Gasteiger charge is 2.19. The second-order valence-corrected chi connectivity index (χ2v) is 5.52. The molecule has 1 amide bonds. The van der Waals surface area contributed by atoms with E-state index >= 15 is 0 Å². The lowest BCUT2D eigenvalue weighted by molar-refractivity contribution is -0.118. The summed E-state index contributed by atoms with van der Waals surface area (Å²) in [6.45, 7) is 3.77. The first-order chi connectivity index (χ1) is 8.36. The molecule has 0 heterocycles. The van der Waals surface area contributed by atoms with Crippen LogP contribution in [0.15, 0.2) is 16.6 Å². The molecule has 0 aliphatic heterocycles. The van der Waals surface area contributed by atoms with Crippen molar-refractivity contribution in [2.24, 2.45) is 11.7 Å². The number of anilines is 1. The third kappa shape index (κ3) is 3.60. The molecule has 0 unspecified atom stereocenters. The van der Waals surface area contributed by atoms with E-state index in [1.54, 1.807) is 12.1 Å². The number of nitrogens with one attached hydrogen (secondary N) is 1. The van der Waals surface area contributed by atoms with Crippen molar-refractivity contribution in [1.82, 2.24) is 0 Å². The highest BCUT2D eigenvalue weighted by molar-refractivity contribution is 9.10. The lowest BCUT2D eigenvalue weighted by Gasteiger charge is -2.17. The van der Waals surface area contributed by atoms with E-state index in [0.717, 1.165) is 0 Å². The first-order valence-electron chi connectivity index (χ1n) is 5.46. The van der Waals surface area contributed by atoms with Gasteiger partial charge in [0.25, 0.3) is 0 Å². The molecule has 0 fully saturated rings. The van der Waals surface area contributed by atoms with E-state index in [0.29, 0.717) is 20.9 Å². The molecule has 0 saturated heterocycles. The number of halogens is 2. The molecule has 0 aliphatic rings. The van der Waals surface area contributed by atoms with Gasteiger partial charge < -0.3 is 15.8 Å². The minimum atomic E-state index is -0.576. The second kappa shape index (κ2) is 6.41. The van der Waals surface area contributed by atoms with Crippen LogP contribution in [0.2, 0.25) is 5.02 Å². The van der Waals surface area contributed by atoms with Gasteiger partial charge in [-0.1, -0.05) is 25.4 Å². The maximum atomic E-state index is 11.9. The van der Waals surface area contributed by atoms with Gasteiger partial charge in [0.05, 0.1) is 23.3 Å². The third-order valence-electron chi connectivity index (χ3n) is 2.49. The van der Waals surface area contributed by atoms with Crippen molar-refractivity contribution in [2.45, 2.75) is 19.9 Å². The van der Waals surface area contributed by atoms with Crippen molar-refractivity contribution < 1.29 is 9.53 Å². The zero-order valence-electron chi connectivity index (χ0n) is 10.5. The number of nitrogens with two attached hydrogens (primary N) is 1. The van der Waals surface area contributed by atoms with Crippen molar-refractivity contribution in [3.05, 3.63) is 21.6 Å². The van der Waals surface area contributed by atoms with Crippen LogP contribution in [0.3, 0.4) is 0 Å². The number of ether oxygens (including phenoxy) is 1. The molecule has 0 saturated carbocycles. The molecule has 0 aliphatic carbocycles. The molecular weight excluding hydrogens is 320 g/mol. The average Bonchev–Trinajstić information content (AvgIpc) is 2.27. The molecule has 0 radical (unpaired) electrons. The lowest BCUT2D eigenvalue weighted by Crippen LogP contribution is -2.39. The normalized spacial score (nSPS) is 12.4. The molecule has 100 valence electrons. The smallest absolute Gasteiger partial charge is 0.241 e. The van der Waals surface area contributed by atoms with E-state index in [1.165, 1.54) is 7.11 Å². The summed E-state index contributed by atoms with van der Waals surface area (Å²) in [7, 11) is 1.52. The minimum Gasteiger partial charge on any atom is -0.493 e. The van der Waals surface area contributed by atoms with Crippen molar-refractivity contribution in [3.63, 3.8) is 0 Å². The van der Waals surface area contributed by atoms with Gasteiger partial charge in [0.2, 0.25) is 5.91 Å². The fourth-order valence-electron chi connectivity index (χ4n) is 1.38. The monoisotopic (exact) mass is 334 g/mol. The topological polar surface area (TPSA) is 64.3 Å². The number of carbonyl (C=O) groups is 1. The summed E-state index contributed by atoms with van der Waals surface area (Å²) in [4.78, 5) is 11.9. The lowest BCUT2D eigenvalue weighted by atomic mass is 10.0. The average molecular weight is 336 g/mol. The Hall–Kier alpha value is -0.780. The zero-order chi connectivity index (χ0) is 13.9. The van der Waals surface area contributed by atoms with Crippen molar-refractivity contribution >= 4 is 39.1 Å². The van der Waals surface area contributed by atoms with Gasteiger partial charge in [-0.15, -0.1) is 0 Å². The molecule has 1 aromatic rings. The van der Waals surface area contributed by atoms with Crippen molar-refractivity contribution in [3.8, 4) is 5.75 Å². The van der Waals surface area contributed by atoms with Crippen LogP contribution >= 0.6 is 27.5 Å². The van der Waals surface area contributed by atoms with Crippen LogP contribution in [-0.2, 0) is 4.79 Å². The number of carbonyl (C=O) groups excluding carboxylic acids is 1. The number of benzene rings is 1. The summed E-state index contributed by atoms with van der Waals surface area (Å²) in [6, 6.07) is 2.74. The van der Waals surface area contributed by atoms with Crippen LogP contribution in [0, 0.1) is 5.92 Å². The number of hydrogen-bond donors (Lipinski definition) is 2. The largest absolute Gasteiger partial charge is 0.493 e. The number of hydrogen-bond acceptors (Lipinski definition) is 3. The van der Waals surface area contributed by atoms with E-state index < -0.39 is 6.04 Å². The molecule has 0 bridgehead atoms. The highest BCUT2D eigenvalue weighted by atomic mass is 79.9. The quantitative estimate of drug-likeness (QED) is 0.889. The number of rotatable bonds is 4. The van der Waals surface area contributed by atoms with Crippen molar-refractivity contribution in [2.75, 3.05) is 12.4 Å². The van der Waals surface area contributed by atoms with Gasteiger partial charge in [-0.05, 0) is 34.0 Å². The summed E-state index contributed by atoms with van der Waals surface area (Å²) in [6.07, 6.45) is 0. The Kier molecular flexibility index (Phi) is 5.44. The van der Waals surface area contributed by atoms with E-state index in [-0.39, 0.29) is 11.8 Å². The van der Waals surface area contributed by atoms with Crippen LogP contribution in [0.4, 0.5) is 5.69 Å². The van der Waals surface area contributed by atoms with Crippen LogP contribution in [0.25, 0.3) is 0 Å². The molecule has 0 spiro atoms. The number of amides is 1. The van der Waals surface area contributed by atoms with Gasteiger partial charge in [0.15, 0.2) is 5.75 Å². The highest BCUT2D eigenvalue weighted by Crippen LogP contribution is 2.36. The predicted molar refractivity (Wildman–Crippen MR) is 77.1 cm³/mol. The summed E-state index contributed by atoms with van der Waals surface area (Å²) in [5.41, 5.74) is 6.28. The van der Waals surface area contributed by atoms with Crippen LogP contribution in [-0.4, -0.2) is 19.1 Å².